The molecule has 15 heavy (non-hydrogen) atoms. The zero-order chi connectivity index (χ0) is 10.6. The average molecular weight is 248 g/mol. The number of hydrogen-bond acceptors (Lipinski definition) is 5. The summed E-state index contributed by atoms with van der Waals surface area (Å²) < 4.78 is 34.2. The molecule has 1 rings (SSSR count). The third kappa shape index (κ3) is 5.96. The van der Waals surface area contributed by atoms with Crippen LogP contribution in [0.4, 0.5) is 0 Å². The minimum Gasteiger partial charge on any atom is -1.00 e. The van der Waals surface area contributed by atoms with Crippen molar-refractivity contribution in [1.82, 2.24) is 4.90 Å². The Hall–Kier alpha value is 0.500. The standard InChI is InChI=1S/C7H13NO5S.Na.H/c9-7(14(10,11)12)1-2-8-3-5-13-6-4-8;;/h1-6H2,(H,10,11,12);;/q;+1;-1/p+1. The Labute approximate surface area is 114 Å². The molecule has 0 aromatic carbocycles. The van der Waals surface area contributed by atoms with Crippen LogP contribution >= 0.6 is 0 Å². The van der Waals surface area contributed by atoms with Gasteiger partial charge in [0.1, 0.15) is 0 Å². The number of carbonyl (C=O) groups is 1. The van der Waals surface area contributed by atoms with E-state index in [-0.39, 0.29) is 38.8 Å². The van der Waals surface area contributed by atoms with Crippen molar-refractivity contribution in [1.29, 1.82) is 0 Å². The van der Waals surface area contributed by atoms with Gasteiger partial charge in [-0.3, -0.25) is 14.2 Å². The summed E-state index contributed by atoms with van der Waals surface area (Å²) in [6, 6.07) is 0. The van der Waals surface area contributed by atoms with E-state index in [1.165, 1.54) is 0 Å². The van der Waals surface area contributed by atoms with E-state index in [9.17, 15) is 13.2 Å². The van der Waals surface area contributed by atoms with E-state index in [0.717, 1.165) is 0 Å². The van der Waals surface area contributed by atoms with Gasteiger partial charge in [0, 0.05) is 26.1 Å². The second-order valence-corrected chi connectivity index (χ2v) is 4.46. The molecule has 1 heterocycles. The molecule has 0 bridgehead atoms. The summed E-state index contributed by atoms with van der Waals surface area (Å²) in [6.07, 6.45) is -0.168. The molecule has 0 unspecified atom stereocenters. The van der Waals surface area contributed by atoms with Crippen LogP contribution in [0.2, 0.25) is 0 Å². The molecule has 0 atom stereocenters. The van der Waals surface area contributed by atoms with Gasteiger partial charge in [-0.2, -0.15) is 8.42 Å². The van der Waals surface area contributed by atoms with Gasteiger partial charge in [-0.05, 0) is 0 Å². The molecule has 1 fully saturated rings. The van der Waals surface area contributed by atoms with Crippen molar-refractivity contribution in [3.63, 3.8) is 0 Å². The third-order valence-corrected chi connectivity index (χ3v) is 2.80. The molecule has 1 saturated heterocycles. The van der Waals surface area contributed by atoms with E-state index in [2.05, 4.69) is 0 Å². The van der Waals surface area contributed by atoms with E-state index in [1.54, 1.807) is 0 Å². The van der Waals surface area contributed by atoms with Crippen molar-refractivity contribution < 1.29 is 54.9 Å². The van der Waals surface area contributed by atoms with E-state index >= 15 is 0 Å². The minimum absolute atomic E-state index is 0. The molecule has 6 nitrogen and oxygen atoms in total. The molecule has 1 aliphatic heterocycles. The molecule has 0 aromatic heterocycles. The van der Waals surface area contributed by atoms with Gasteiger partial charge >= 0.3 is 41.1 Å². The summed E-state index contributed by atoms with van der Waals surface area (Å²) in [6.45, 7) is 2.93. The molecule has 84 valence electrons. The molecule has 0 aromatic rings. The topological polar surface area (TPSA) is 83.9 Å². The Kier molecular flexibility index (Phi) is 7.18. The number of morpholine rings is 1. The average Bonchev–Trinajstić information content (AvgIpc) is 2.14. The molecule has 0 amide bonds. The summed E-state index contributed by atoms with van der Waals surface area (Å²) in [7, 11) is -4.50. The fraction of sp³-hybridized carbons (Fsp3) is 0.857. The number of ether oxygens (including phenoxy) is 1. The Morgan fingerprint density at radius 1 is 1.47 bits per heavy atom. The Morgan fingerprint density at radius 2 is 2.00 bits per heavy atom. The molecule has 0 radical (unpaired) electrons. The second kappa shape index (κ2) is 6.95. The van der Waals surface area contributed by atoms with E-state index in [4.69, 9.17) is 9.29 Å². The Bertz CT molecular complexity index is 307. The van der Waals surface area contributed by atoms with Gasteiger partial charge < -0.3 is 6.16 Å². The quantitative estimate of drug-likeness (QED) is 0.409. The molecule has 1 N–H and O–H groups in total. The SMILES string of the molecule is O=C(CCN1CCOCC1)S(=O)(=O)O.[H+].[H-].[Na+]. The maximum atomic E-state index is 10.8. The Morgan fingerprint density at radius 3 is 2.47 bits per heavy atom. The summed E-state index contributed by atoms with van der Waals surface area (Å²) in [5.74, 6) is 0. The van der Waals surface area contributed by atoms with E-state index in [0.29, 0.717) is 32.8 Å². The first-order chi connectivity index (χ1) is 6.50. The van der Waals surface area contributed by atoms with Gasteiger partial charge in [0.25, 0.3) is 5.12 Å². The number of nitrogens with zero attached hydrogens (tertiary/aromatic N) is 1. The first-order valence-electron chi connectivity index (χ1n) is 4.30. The van der Waals surface area contributed by atoms with Crippen LogP contribution in [0.15, 0.2) is 0 Å². The third-order valence-electron chi connectivity index (χ3n) is 2.02. The van der Waals surface area contributed by atoms with Crippen LogP contribution in [0.25, 0.3) is 0 Å². The largest absolute Gasteiger partial charge is 1.00 e. The Balaban J connectivity index is -0.000000653. The van der Waals surface area contributed by atoms with Crippen molar-refractivity contribution in [2.45, 2.75) is 6.42 Å². The van der Waals surface area contributed by atoms with Crippen molar-refractivity contribution in [3.8, 4) is 0 Å². The molecular formula is C7H15NNaO5S+. The summed E-state index contributed by atoms with van der Waals surface area (Å²) in [5, 5.41) is -1.12. The normalized spacial score (nSPS) is 18.2. The van der Waals surface area contributed by atoms with Gasteiger partial charge in [0.15, 0.2) is 0 Å². The van der Waals surface area contributed by atoms with E-state index in [1.807, 2.05) is 4.90 Å². The van der Waals surface area contributed by atoms with Gasteiger partial charge in [0.2, 0.25) is 0 Å². The molecule has 0 saturated carbocycles. The summed E-state index contributed by atoms with van der Waals surface area (Å²) in [5.41, 5.74) is 0. The van der Waals surface area contributed by atoms with Gasteiger partial charge in [0.05, 0.1) is 13.2 Å². The van der Waals surface area contributed by atoms with Crippen LogP contribution in [0.1, 0.15) is 9.27 Å². The second-order valence-electron chi connectivity index (χ2n) is 3.05. The minimum atomic E-state index is -4.50. The fourth-order valence-electron chi connectivity index (χ4n) is 1.20. The number of carbonyl (C=O) groups excluding carboxylic acids is 1. The molecule has 1 aliphatic rings. The maximum absolute atomic E-state index is 10.8. The predicted molar refractivity (Wildman–Crippen MR) is 50.7 cm³/mol. The van der Waals surface area contributed by atoms with Gasteiger partial charge in [-0.25, -0.2) is 0 Å². The van der Waals surface area contributed by atoms with Crippen LogP contribution < -0.4 is 29.6 Å². The monoisotopic (exact) mass is 248 g/mol. The van der Waals surface area contributed by atoms with Crippen LogP contribution in [0.3, 0.4) is 0 Å². The molecule has 0 aliphatic carbocycles. The van der Waals surface area contributed by atoms with E-state index < -0.39 is 15.2 Å². The van der Waals surface area contributed by atoms with Crippen molar-refractivity contribution >= 4 is 15.2 Å². The zero-order valence-corrected chi connectivity index (χ0v) is 11.5. The number of rotatable bonds is 3. The van der Waals surface area contributed by atoms with Crippen molar-refractivity contribution in [2.24, 2.45) is 0 Å². The van der Waals surface area contributed by atoms with Crippen LogP contribution in [-0.4, -0.2) is 55.8 Å². The van der Waals surface area contributed by atoms with Crippen LogP contribution in [0.5, 0.6) is 0 Å². The molecule has 8 heteroatoms. The van der Waals surface area contributed by atoms with Gasteiger partial charge in [-0.15, -0.1) is 0 Å². The smallest absolute Gasteiger partial charge is 1.00 e. The molecule has 0 spiro atoms. The van der Waals surface area contributed by atoms with Crippen molar-refractivity contribution in [2.75, 3.05) is 32.8 Å². The van der Waals surface area contributed by atoms with Crippen LogP contribution in [-0.2, 0) is 19.6 Å². The van der Waals surface area contributed by atoms with Crippen LogP contribution in [0, 0.1) is 0 Å². The van der Waals surface area contributed by atoms with Gasteiger partial charge in [-0.1, -0.05) is 0 Å². The first kappa shape index (κ1) is 15.5. The fourth-order valence-corrected chi connectivity index (χ4v) is 1.55. The summed E-state index contributed by atoms with van der Waals surface area (Å²) >= 11 is 0. The van der Waals surface area contributed by atoms with Crippen molar-refractivity contribution in [3.05, 3.63) is 0 Å². The summed E-state index contributed by atoms with van der Waals surface area (Å²) in [4.78, 5) is 12.7. The maximum Gasteiger partial charge on any atom is 1.00 e. The predicted octanol–water partition coefficient (Wildman–Crippen LogP) is -3.65. The molecular weight excluding hydrogens is 233 g/mol. The zero-order valence-electron chi connectivity index (χ0n) is 10.7. The first-order valence-corrected chi connectivity index (χ1v) is 5.74. The number of hydrogen-bond donors (Lipinski definition) is 1.